The summed E-state index contributed by atoms with van der Waals surface area (Å²) in [5, 5.41) is 12.7. The summed E-state index contributed by atoms with van der Waals surface area (Å²) in [6.45, 7) is 1.89. The molecule has 0 aliphatic heterocycles. The largest absolute Gasteiger partial charge is 0.392 e. The van der Waals surface area contributed by atoms with Gasteiger partial charge in [0.15, 0.2) is 0 Å². The van der Waals surface area contributed by atoms with Gasteiger partial charge in [0.2, 0.25) is 0 Å². The zero-order valence-corrected chi connectivity index (χ0v) is 10.7. The number of benzene rings is 1. The third-order valence-electron chi connectivity index (χ3n) is 2.58. The van der Waals surface area contributed by atoms with Crippen LogP contribution >= 0.6 is 11.3 Å². The van der Waals surface area contributed by atoms with Crippen molar-refractivity contribution in [3.8, 4) is 0 Å². The Hall–Kier alpha value is -1.33. The molecule has 1 heterocycles. The molecule has 5 heteroatoms. The summed E-state index contributed by atoms with van der Waals surface area (Å²) in [7, 11) is 0. The van der Waals surface area contributed by atoms with Crippen LogP contribution in [0.15, 0.2) is 23.6 Å². The molecule has 1 aromatic carbocycles. The summed E-state index contributed by atoms with van der Waals surface area (Å²) >= 11 is 1.51. The maximum Gasteiger partial charge on any atom is 0.129 e. The standard InChI is InChI=1S/C13H13F2NOS/c1-8-16-11(7-18-8)6-12(17)4-9-2-3-10(14)5-13(9)15/h2-3,5,7,12,17H,4,6H2,1H3. The predicted molar refractivity (Wildman–Crippen MR) is 66.6 cm³/mol. The molecule has 2 rings (SSSR count). The van der Waals surface area contributed by atoms with Crippen LogP contribution in [0.5, 0.6) is 0 Å². The first-order valence-corrected chi connectivity index (χ1v) is 6.45. The lowest BCUT2D eigenvalue weighted by molar-refractivity contribution is 0.173. The van der Waals surface area contributed by atoms with Crippen molar-refractivity contribution in [1.82, 2.24) is 4.98 Å². The first-order chi connectivity index (χ1) is 8.54. The fourth-order valence-electron chi connectivity index (χ4n) is 1.76. The molecule has 0 aliphatic rings. The molecule has 2 nitrogen and oxygen atoms in total. The summed E-state index contributed by atoms with van der Waals surface area (Å²) in [6, 6.07) is 3.38. The third kappa shape index (κ3) is 3.34. The minimum atomic E-state index is -0.716. The maximum atomic E-state index is 13.4. The van der Waals surface area contributed by atoms with E-state index < -0.39 is 17.7 Å². The molecule has 2 aromatic rings. The first kappa shape index (κ1) is 13.1. The van der Waals surface area contributed by atoms with Crippen LogP contribution in [0.25, 0.3) is 0 Å². The lowest BCUT2D eigenvalue weighted by atomic mass is 10.0. The average Bonchev–Trinajstić information content (AvgIpc) is 2.68. The van der Waals surface area contributed by atoms with E-state index in [1.807, 2.05) is 12.3 Å². The maximum absolute atomic E-state index is 13.4. The van der Waals surface area contributed by atoms with Crippen molar-refractivity contribution in [1.29, 1.82) is 0 Å². The summed E-state index contributed by atoms with van der Waals surface area (Å²) < 4.78 is 26.1. The highest BCUT2D eigenvalue weighted by atomic mass is 32.1. The van der Waals surface area contributed by atoms with Crippen molar-refractivity contribution in [2.75, 3.05) is 0 Å². The van der Waals surface area contributed by atoms with Crippen LogP contribution in [0.2, 0.25) is 0 Å². The van der Waals surface area contributed by atoms with Crippen LogP contribution < -0.4 is 0 Å². The first-order valence-electron chi connectivity index (χ1n) is 5.57. The van der Waals surface area contributed by atoms with Crippen LogP contribution in [0, 0.1) is 18.6 Å². The number of aromatic nitrogens is 1. The van der Waals surface area contributed by atoms with Crippen molar-refractivity contribution in [2.45, 2.75) is 25.9 Å². The van der Waals surface area contributed by atoms with Crippen molar-refractivity contribution < 1.29 is 13.9 Å². The Morgan fingerprint density at radius 3 is 2.72 bits per heavy atom. The summed E-state index contributed by atoms with van der Waals surface area (Å²) in [5.74, 6) is -1.23. The predicted octanol–water partition coefficient (Wildman–Crippen LogP) is 2.88. The smallest absolute Gasteiger partial charge is 0.129 e. The topological polar surface area (TPSA) is 33.1 Å². The summed E-state index contributed by atoms with van der Waals surface area (Å²) in [5.41, 5.74) is 1.11. The molecular formula is C13H13F2NOS. The highest BCUT2D eigenvalue weighted by molar-refractivity contribution is 7.09. The van der Waals surface area contributed by atoms with Gasteiger partial charge in [-0.1, -0.05) is 6.07 Å². The van der Waals surface area contributed by atoms with E-state index in [0.717, 1.165) is 16.8 Å². The van der Waals surface area contributed by atoms with E-state index in [4.69, 9.17) is 0 Å². The number of aliphatic hydroxyl groups is 1. The Bertz CT molecular complexity index is 542. The molecule has 0 saturated carbocycles. The molecule has 1 atom stereocenters. The zero-order valence-electron chi connectivity index (χ0n) is 9.86. The van der Waals surface area contributed by atoms with E-state index in [9.17, 15) is 13.9 Å². The van der Waals surface area contributed by atoms with Crippen LogP contribution in [0.4, 0.5) is 8.78 Å². The highest BCUT2D eigenvalue weighted by Crippen LogP contribution is 2.15. The van der Waals surface area contributed by atoms with Crippen molar-refractivity contribution >= 4 is 11.3 Å². The number of hydrogen-bond donors (Lipinski definition) is 1. The van der Waals surface area contributed by atoms with Crippen molar-refractivity contribution in [3.05, 3.63) is 51.5 Å². The second-order valence-corrected chi connectivity index (χ2v) is 5.22. The molecule has 0 spiro atoms. The van der Waals surface area contributed by atoms with Gasteiger partial charge in [0.05, 0.1) is 16.8 Å². The molecule has 1 aromatic heterocycles. The highest BCUT2D eigenvalue weighted by Gasteiger charge is 2.12. The molecule has 1 unspecified atom stereocenters. The number of aliphatic hydroxyl groups excluding tert-OH is 1. The number of thiazole rings is 1. The molecule has 0 bridgehead atoms. The molecule has 0 fully saturated rings. The van der Waals surface area contributed by atoms with Gasteiger partial charge in [-0.2, -0.15) is 0 Å². The average molecular weight is 269 g/mol. The zero-order chi connectivity index (χ0) is 13.1. The van der Waals surface area contributed by atoms with Crippen LogP contribution in [0.1, 0.15) is 16.3 Å². The number of halogens is 2. The summed E-state index contributed by atoms with van der Waals surface area (Å²) in [6.07, 6.45) is -0.185. The van der Waals surface area contributed by atoms with E-state index in [2.05, 4.69) is 4.98 Å². The van der Waals surface area contributed by atoms with Gasteiger partial charge in [-0.25, -0.2) is 13.8 Å². The molecular weight excluding hydrogens is 256 g/mol. The number of hydrogen-bond acceptors (Lipinski definition) is 3. The van der Waals surface area contributed by atoms with Crippen molar-refractivity contribution in [2.24, 2.45) is 0 Å². The second kappa shape index (κ2) is 5.54. The monoisotopic (exact) mass is 269 g/mol. The van der Waals surface area contributed by atoms with Gasteiger partial charge in [-0.05, 0) is 18.6 Å². The number of aryl methyl sites for hydroxylation is 1. The quantitative estimate of drug-likeness (QED) is 0.925. The minimum absolute atomic E-state index is 0.155. The Labute approximate surface area is 108 Å². The van der Waals surface area contributed by atoms with E-state index in [-0.39, 0.29) is 6.42 Å². The summed E-state index contributed by atoms with van der Waals surface area (Å²) in [4.78, 5) is 4.23. The number of rotatable bonds is 4. The van der Waals surface area contributed by atoms with Gasteiger partial charge < -0.3 is 5.11 Å². The SMILES string of the molecule is Cc1nc(CC(O)Cc2ccc(F)cc2F)cs1. The van der Waals surface area contributed by atoms with Crippen LogP contribution in [-0.4, -0.2) is 16.2 Å². The fraction of sp³-hybridized carbons (Fsp3) is 0.308. The molecule has 1 N–H and O–H groups in total. The molecule has 18 heavy (non-hydrogen) atoms. The van der Waals surface area contributed by atoms with E-state index in [0.29, 0.717) is 12.0 Å². The number of nitrogens with zero attached hydrogens (tertiary/aromatic N) is 1. The molecule has 0 saturated heterocycles. The normalized spacial score (nSPS) is 12.7. The van der Waals surface area contributed by atoms with Gasteiger partial charge in [0, 0.05) is 24.3 Å². The molecule has 0 aliphatic carbocycles. The van der Waals surface area contributed by atoms with Crippen LogP contribution in [0.3, 0.4) is 0 Å². The lowest BCUT2D eigenvalue weighted by Crippen LogP contribution is -2.15. The van der Waals surface area contributed by atoms with Gasteiger partial charge >= 0.3 is 0 Å². The van der Waals surface area contributed by atoms with E-state index in [1.54, 1.807) is 0 Å². The fourth-order valence-corrected chi connectivity index (χ4v) is 2.38. The lowest BCUT2D eigenvalue weighted by Gasteiger charge is -2.09. The van der Waals surface area contributed by atoms with E-state index in [1.165, 1.54) is 23.5 Å². The second-order valence-electron chi connectivity index (χ2n) is 4.16. The van der Waals surface area contributed by atoms with Gasteiger partial charge in [0.25, 0.3) is 0 Å². The van der Waals surface area contributed by atoms with Gasteiger partial charge in [-0.3, -0.25) is 0 Å². The van der Waals surface area contributed by atoms with Crippen LogP contribution in [-0.2, 0) is 12.8 Å². The minimum Gasteiger partial charge on any atom is -0.392 e. The Morgan fingerprint density at radius 2 is 2.11 bits per heavy atom. The van der Waals surface area contributed by atoms with Crippen molar-refractivity contribution in [3.63, 3.8) is 0 Å². The molecule has 0 radical (unpaired) electrons. The molecule has 96 valence electrons. The van der Waals surface area contributed by atoms with E-state index >= 15 is 0 Å². The third-order valence-corrected chi connectivity index (χ3v) is 3.40. The Kier molecular flexibility index (Phi) is 4.04. The molecule has 0 amide bonds. The van der Waals surface area contributed by atoms with Gasteiger partial charge in [-0.15, -0.1) is 11.3 Å². The Balaban J connectivity index is 2.00. The van der Waals surface area contributed by atoms with Gasteiger partial charge in [0.1, 0.15) is 11.6 Å². The Morgan fingerprint density at radius 1 is 1.33 bits per heavy atom.